The number of nitrogens with two attached hydrogens (primary N) is 1. The van der Waals surface area contributed by atoms with Crippen LogP contribution in [0.5, 0.6) is 0 Å². The number of alkyl halides is 3. The molecule has 2 rings (SSSR count). The van der Waals surface area contributed by atoms with Crippen LogP contribution in [-0.2, 0) is 12.7 Å². The Morgan fingerprint density at radius 3 is 2.45 bits per heavy atom. The number of nitrogens with one attached hydrogen (secondary N) is 1. The van der Waals surface area contributed by atoms with Gasteiger partial charge in [0.1, 0.15) is 11.4 Å². The minimum Gasteiger partial charge on any atom is -0.378 e. The zero-order chi connectivity index (χ0) is 16.3. The number of benzene rings is 1. The Hall–Kier alpha value is -2.84. The summed E-state index contributed by atoms with van der Waals surface area (Å²) in [5.74, 6) is -0.782. The van der Waals surface area contributed by atoms with Gasteiger partial charge in [-0.2, -0.15) is 13.2 Å². The Bertz CT molecular complexity index is 690. The van der Waals surface area contributed by atoms with E-state index in [1.165, 1.54) is 0 Å². The summed E-state index contributed by atoms with van der Waals surface area (Å²) < 4.78 is 38.2. The van der Waals surface area contributed by atoms with Crippen molar-refractivity contribution in [2.75, 3.05) is 11.1 Å². The summed E-state index contributed by atoms with van der Waals surface area (Å²) in [6, 6.07) is 9.30. The van der Waals surface area contributed by atoms with Crippen LogP contribution in [0.2, 0.25) is 0 Å². The monoisotopic (exact) mass is 312 g/mol. The van der Waals surface area contributed by atoms with Gasteiger partial charge in [-0.25, -0.2) is 4.98 Å². The van der Waals surface area contributed by atoms with E-state index in [4.69, 9.17) is 5.73 Å². The molecule has 0 unspecified atom stereocenters. The van der Waals surface area contributed by atoms with Crippen LogP contribution in [0.3, 0.4) is 0 Å². The van der Waals surface area contributed by atoms with Crippen LogP contribution in [-0.4, -0.2) is 9.91 Å². The molecule has 0 atom stereocenters. The summed E-state index contributed by atoms with van der Waals surface area (Å²) >= 11 is 0. The second kappa shape index (κ2) is 5.88. The van der Waals surface area contributed by atoms with Crippen LogP contribution >= 0.6 is 0 Å². The number of halogens is 3. The molecule has 2 aromatic rings. The van der Waals surface area contributed by atoms with E-state index >= 15 is 0 Å². The van der Waals surface area contributed by atoms with Crippen molar-refractivity contribution in [3.8, 4) is 0 Å². The smallest absolute Gasteiger partial charge is 0.378 e. The average molecular weight is 312 g/mol. The van der Waals surface area contributed by atoms with Gasteiger partial charge in [0, 0.05) is 6.54 Å². The van der Waals surface area contributed by atoms with E-state index in [-0.39, 0.29) is 12.2 Å². The highest BCUT2D eigenvalue weighted by Gasteiger charge is 2.36. The van der Waals surface area contributed by atoms with Crippen molar-refractivity contribution in [1.29, 1.82) is 0 Å². The summed E-state index contributed by atoms with van der Waals surface area (Å²) in [5, 5.41) is 13.6. The van der Waals surface area contributed by atoms with E-state index in [1.54, 1.807) is 30.3 Å². The molecule has 0 aliphatic carbocycles. The van der Waals surface area contributed by atoms with Gasteiger partial charge in [-0.1, -0.05) is 30.3 Å². The van der Waals surface area contributed by atoms with E-state index in [2.05, 4.69) is 10.3 Å². The number of nitrogen functional groups attached to an aromatic ring is 1. The lowest BCUT2D eigenvalue weighted by molar-refractivity contribution is -0.383. The molecule has 6 nitrogen and oxygen atoms in total. The molecule has 0 bridgehead atoms. The van der Waals surface area contributed by atoms with Crippen molar-refractivity contribution in [1.82, 2.24) is 4.98 Å². The summed E-state index contributed by atoms with van der Waals surface area (Å²) in [5.41, 5.74) is 3.76. The third kappa shape index (κ3) is 3.43. The fraction of sp³-hybridized carbons (Fsp3) is 0.154. The van der Waals surface area contributed by atoms with Gasteiger partial charge in [0.05, 0.1) is 4.92 Å². The molecule has 0 aliphatic heterocycles. The molecule has 0 radical (unpaired) electrons. The highest BCUT2D eigenvalue weighted by atomic mass is 19.4. The van der Waals surface area contributed by atoms with Crippen LogP contribution in [0.1, 0.15) is 11.3 Å². The van der Waals surface area contributed by atoms with Crippen molar-refractivity contribution in [2.45, 2.75) is 12.7 Å². The predicted octanol–water partition coefficient (Wildman–Crippen LogP) is 3.20. The topological polar surface area (TPSA) is 94.1 Å². The standard InChI is InChI=1S/C13H11F3N4O2/c14-13(15,16)10-6-9(11(20(21)22)12(17)19-10)18-7-8-4-2-1-3-5-8/h1-6H,7H2,(H3,17,18,19). The number of rotatable bonds is 4. The maximum Gasteiger partial charge on any atom is 0.433 e. The van der Waals surface area contributed by atoms with Crippen molar-refractivity contribution < 1.29 is 18.1 Å². The third-order valence-electron chi connectivity index (χ3n) is 2.82. The lowest BCUT2D eigenvalue weighted by Crippen LogP contribution is -2.13. The average Bonchev–Trinajstić information content (AvgIpc) is 2.44. The SMILES string of the molecule is Nc1nc(C(F)(F)F)cc(NCc2ccccc2)c1[N+](=O)[O-]. The van der Waals surface area contributed by atoms with Gasteiger partial charge in [-0.3, -0.25) is 10.1 Å². The minimum atomic E-state index is -4.74. The number of aromatic nitrogens is 1. The van der Waals surface area contributed by atoms with Gasteiger partial charge in [0.2, 0.25) is 5.82 Å². The molecule has 0 amide bonds. The van der Waals surface area contributed by atoms with Gasteiger partial charge in [-0.05, 0) is 11.6 Å². The van der Waals surface area contributed by atoms with Crippen LogP contribution in [0.4, 0.5) is 30.4 Å². The largest absolute Gasteiger partial charge is 0.433 e. The first kappa shape index (κ1) is 15.5. The second-order valence-electron chi connectivity index (χ2n) is 4.38. The highest BCUT2D eigenvalue weighted by molar-refractivity contribution is 5.72. The van der Waals surface area contributed by atoms with E-state index in [1.807, 2.05) is 0 Å². The molecule has 3 N–H and O–H groups in total. The first-order valence-electron chi connectivity index (χ1n) is 6.09. The maximum atomic E-state index is 12.7. The molecule has 9 heteroatoms. The van der Waals surface area contributed by atoms with Crippen molar-refractivity contribution >= 4 is 17.2 Å². The minimum absolute atomic E-state index is 0.114. The van der Waals surface area contributed by atoms with Crippen LogP contribution in [0.25, 0.3) is 0 Å². The molecule has 0 saturated carbocycles. The van der Waals surface area contributed by atoms with Gasteiger partial charge in [0.25, 0.3) is 0 Å². The number of hydrogen-bond acceptors (Lipinski definition) is 5. The van der Waals surface area contributed by atoms with Gasteiger partial charge < -0.3 is 11.1 Å². The molecule has 22 heavy (non-hydrogen) atoms. The van der Waals surface area contributed by atoms with Crippen LogP contribution in [0, 0.1) is 10.1 Å². The Morgan fingerprint density at radius 1 is 1.27 bits per heavy atom. The zero-order valence-electron chi connectivity index (χ0n) is 11.1. The molecule has 1 heterocycles. The quantitative estimate of drug-likeness (QED) is 0.668. The summed E-state index contributed by atoms with van der Waals surface area (Å²) in [6.45, 7) is 0.114. The Labute approximate surface area is 122 Å². The van der Waals surface area contributed by atoms with Crippen LogP contribution in [0.15, 0.2) is 36.4 Å². The molecule has 116 valence electrons. The van der Waals surface area contributed by atoms with Crippen LogP contribution < -0.4 is 11.1 Å². The number of nitrogens with zero attached hydrogens (tertiary/aromatic N) is 2. The molecule has 0 fully saturated rings. The molecule has 1 aromatic heterocycles. The molecule has 0 spiro atoms. The molecule has 1 aromatic carbocycles. The molecular weight excluding hydrogens is 301 g/mol. The lowest BCUT2D eigenvalue weighted by Gasteiger charge is -2.12. The number of nitro groups is 1. The predicted molar refractivity (Wildman–Crippen MR) is 74.1 cm³/mol. The first-order chi connectivity index (χ1) is 10.3. The Morgan fingerprint density at radius 2 is 1.91 bits per heavy atom. The summed E-state index contributed by atoms with van der Waals surface area (Å²) in [4.78, 5) is 13.2. The molecule has 0 aliphatic rings. The number of pyridine rings is 1. The van der Waals surface area contributed by atoms with Crippen molar-refractivity contribution in [3.05, 3.63) is 57.8 Å². The van der Waals surface area contributed by atoms with Gasteiger partial charge in [0.15, 0.2) is 0 Å². The second-order valence-corrected chi connectivity index (χ2v) is 4.38. The van der Waals surface area contributed by atoms with Crippen molar-refractivity contribution in [3.63, 3.8) is 0 Å². The Kier molecular flexibility index (Phi) is 4.15. The normalized spacial score (nSPS) is 11.2. The van der Waals surface area contributed by atoms with Gasteiger partial charge in [-0.15, -0.1) is 0 Å². The van der Waals surface area contributed by atoms with Gasteiger partial charge >= 0.3 is 11.9 Å². The van der Waals surface area contributed by atoms with E-state index in [0.717, 1.165) is 5.56 Å². The molecular formula is C13H11F3N4O2. The van der Waals surface area contributed by atoms with E-state index < -0.39 is 28.3 Å². The Balaban J connectivity index is 2.38. The number of anilines is 2. The molecule has 0 saturated heterocycles. The summed E-state index contributed by atoms with van der Waals surface area (Å²) in [7, 11) is 0. The third-order valence-corrected chi connectivity index (χ3v) is 2.82. The fourth-order valence-corrected chi connectivity index (χ4v) is 1.82. The van der Waals surface area contributed by atoms with E-state index in [9.17, 15) is 23.3 Å². The summed E-state index contributed by atoms with van der Waals surface area (Å²) in [6.07, 6.45) is -4.74. The van der Waals surface area contributed by atoms with Crippen molar-refractivity contribution in [2.24, 2.45) is 0 Å². The first-order valence-corrected chi connectivity index (χ1v) is 6.09. The fourth-order valence-electron chi connectivity index (χ4n) is 1.82. The maximum absolute atomic E-state index is 12.7. The lowest BCUT2D eigenvalue weighted by atomic mass is 10.2. The number of hydrogen-bond donors (Lipinski definition) is 2. The highest BCUT2D eigenvalue weighted by Crippen LogP contribution is 2.36. The zero-order valence-corrected chi connectivity index (χ0v) is 11.1. The van der Waals surface area contributed by atoms with E-state index in [0.29, 0.717) is 6.07 Å².